The molecule has 1 aliphatic rings. The fourth-order valence-electron chi connectivity index (χ4n) is 3.13. The first-order valence-electron chi connectivity index (χ1n) is 8.42. The predicted molar refractivity (Wildman–Crippen MR) is 92.6 cm³/mol. The van der Waals surface area contributed by atoms with Gasteiger partial charge in [0.05, 0.1) is 6.04 Å². The minimum atomic E-state index is -1.38. The predicted octanol–water partition coefficient (Wildman–Crippen LogP) is 2.46. The molecule has 0 bridgehead atoms. The Hall–Kier alpha value is -2.66. The van der Waals surface area contributed by atoms with Gasteiger partial charge in [0.25, 0.3) is 5.91 Å². The van der Waals surface area contributed by atoms with Gasteiger partial charge in [0.2, 0.25) is 0 Å². The molecule has 0 spiro atoms. The van der Waals surface area contributed by atoms with Crippen LogP contribution in [-0.4, -0.2) is 23.6 Å². The molecule has 0 saturated carbocycles. The highest BCUT2D eigenvalue weighted by atomic mass is 16.5. The van der Waals surface area contributed by atoms with Gasteiger partial charge in [0, 0.05) is 0 Å². The Balaban J connectivity index is 1.53. The number of benzene rings is 2. The van der Waals surface area contributed by atoms with E-state index in [1.807, 2.05) is 18.2 Å². The summed E-state index contributed by atoms with van der Waals surface area (Å²) in [4.78, 5) is 24.0. The third-order valence-corrected chi connectivity index (χ3v) is 4.39. The molecule has 0 radical (unpaired) electrons. The van der Waals surface area contributed by atoms with Crippen LogP contribution in [0.15, 0.2) is 54.6 Å². The first-order valence-corrected chi connectivity index (χ1v) is 8.42. The van der Waals surface area contributed by atoms with E-state index < -0.39 is 18.7 Å². The average molecular weight is 339 g/mol. The van der Waals surface area contributed by atoms with E-state index >= 15 is 0 Å². The van der Waals surface area contributed by atoms with Crippen LogP contribution < -0.4 is 5.32 Å². The minimum absolute atomic E-state index is 0.0600. The molecular weight excluding hydrogens is 318 g/mol. The summed E-state index contributed by atoms with van der Waals surface area (Å²) < 4.78 is 4.95. The van der Waals surface area contributed by atoms with Gasteiger partial charge in [-0.1, -0.05) is 54.6 Å². The van der Waals surface area contributed by atoms with E-state index in [4.69, 9.17) is 4.74 Å². The molecule has 2 aromatic carbocycles. The van der Waals surface area contributed by atoms with Gasteiger partial charge in [-0.25, -0.2) is 4.79 Å². The standard InChI is InChI=1S/C20H21NO4/c22-18(13-25-20(24)19(23)15-8-2-1-3-9-15)21-17-12-6-10-14-7-4-5-11-16(14)17/h1-5,7-9,11,17,19,23H,6,10,12-13H2,(H,21,22)/t17-,19-/m1/s1. The van der Waals surface area contributed by atoms with Crippen LogP contribution in [0.2, 0.25) is 0 Å². The van der Waals surface area contributed by atoms with Crippen molar-refractivity contribution in [3.05, 3.63) is 71.3 Å². The first kappa shape index (κ1) is 17.2. The second-order valence-corrected chi connectivity index (χ2v) is 6.13. The van der Waals surface area contributed by atoms with Crippen LogP contribution in [0.1, 0.15) is 41.7 Å². The number of fused-ring (bicyclic) bond motifs is 1. The lowest BCUT2D eigenvalue weighted by molar-refractivity contribution is -0.157. The molecular formula is C20H21NO4. The lowest BCUT2D eigenvalue weighted by atomic mass is 9.88. The van der Waals surface area contributed by atoms with E-state index in [1.165, 1.54) is 5.56 Å². The van der Waals surface area contributed by atoms with Crippen molar-refractivity contribution in [3.63, 3.8) is 0 Å². The van der Waals surface area contributed by atoms with Crippen LogP contribution in [0.3, 0.4) is 0 Å². The number of hydrogen-bond donors (Lipinski definition) is 2. The Morgan fingerprint density at radius 3 is 2.64 bits per heavy atom. The van der Waals surface area contributed by atoms with Crippen molar-refractivity contribution in [1.29, 1.82) is 0 Å². The molecule has 0 heterocycles. The lowest BCUT2D eigenvalue weighted by Gasteiger charge is -2.26. The van der Waals surface area contributed by atoms with Gasteiger partial charge in [-0.3, -0.25) is 4.79 Å². The SMILES string of the molecule is O=C(COC(=O)[C@H](O)c1ccccc1)N[C@@H]1CCCc2ccccc21. The number of aliphatic hydroxyl groups is 1. The highest BCUT2D eigenvalue weighted by molar-refractivity contribution is 5.82. The molecule has 1 aliphatic carbocycles. The Bertz CT molecular complexity index is 744. The quantitative estimate of drug-likeness (QED) is 0.821. The molecule has 5 nitrogen and oxygen atoms in total. The molecule has 0 aliphatic heterocycles. The molecule has 0 aromatic heterocycles. The van der Waals surface area contributed by atoms with Gasteiger partial charge in [0.1, 0.15) is 0 Å². The van der Waals surface area contributed by atoms with Crippen LogP contribution in [0.25, 0.3) is 0 Å². The van der Waals surface area contributed by atoms with Crippen molar-refractivity contribution in [2.24, 2.45) is 0 Å². The monoisotopic (exact) mass is 339 g/mol. The van der Waals surface area contributed by atoms with Crippen LogP contribution in [0, 0.1) is 0 Å². The van der Waals surface area contributed by atoms with E-state index in [-0.39, 0.29) is 11.9 Å². The van der Waals surface area contributed by atoms with Gasteiger partial charge < -0.3 is 15.2 Å². The highest BCUT2D eigenvalue weighted by Crippen LogP contribution is 2.29. The summed E-state index contributed by atoms with van der Waals surface area (Å²) in [5.74, 6) is -1.19. The minimum Gasteiger partial charge on any atom is -0.453 e. The third-order valence-electron chi connectivity index (χ3n) is 4.39. The van der Waals surface area contributed by atoms with E-state index in [2.05, 4.69) is 11.4 Å². The van der Waals surface area contributed by atoms with Crippen molar-refractivity contribution in [1.82, 2.24) is 5.32 Å². The Morgan fingerprint density at radius 2 is 1.84 bits per heavy atom. The molecule has 130 valence electrons. The zero-order valence-corrected chi connectivity index (χ0v) is 13.9. The molecule has 0 fully saturated rings. The summed E-state index contributed by atoms with van der Waals surface area (Å²) in [5.41, 5.74) is 2.81. The van der Waals surface area contributed by atoms with E-state index in [0.717, 1.165) is 24.8 Å². The largest absolute Gasteiger partial charge is 0.453 e. The number of aliphatic hydroxyl groups excluding tert-OH is 1. The summed E-state index contributed by atoms with van der Waals surface area (Å²) in [7, 11) is 0. The molecule has 25 heavy (non-hydrogen) atoms. The van der Waals surface area contributed by atoms with E-state index in [1.54, 1.807) is 30.3 Å². The summed E-state index contributed by atoms with van der Waals surface area (Å²) in [6, 6.07) is 16.5. The molecule has 3 rings (SSSR count). The summed E-state index contributed by atoms with van der Waals surface area (Å²) in [6.45, 7) is -0.401. The summed E-state index contributed by atoms with van der Waals surface area (Å²) in [5, 5.41) is 12.9. The maximum absolute atomic E-state index is 12.1. The number of carbonyl (C=O) groups is 2. The van der Waals surface area contributed by atoms with Gasteiger partial charge in [0.15, 0.2) is 12.7 Å². The second-order valence-electron chi connectivity index (χ2n) is 6.13. The molecule has 2 atom stereocenters. The number of nitrogens with one attached hydrogen (secondary N) is 1. The summed E-state index contributed by atoms with van der Waals surface area (Å²) >= 11 is 0. The Morgan fingerprint density at radius 1 is 1.12 bits per heavy atom. The number of esters is 1. The third kappa shape index (κ3) is 4.25. The zero-order chi connectivity index (χ0) is 17.6. The molecule has 5 heteroatoms. The number of aryl methyl sites for hydroxylation is 1. The van der Waals surface area contributed by atoms with Gasteiger partial charge >= 0.3 is 5.97 Å². The lowest BCUT2D eigenvalue weighted by Crippen LogP contribution is -2.34. The number of amides is 1. The van der Waals surface area contributed by atoms with Crippen LogP contribution in [0.4, 0.5) is 0 Å². The maximum Gasteiger partial charge on any atom is 0.340 e. The van der Waals surface area contributed by atoms with Crippen LogP contribution >= 0.6 is 0 Å². The summed E-state index contributed by atoms with van der Waals surface area (Å²) in [6.07, 6.45) is 1.50. The van der Waals surface area contributed by atoms with E-state index in [0.29, 0.717) is 5.56 Å². The molecule has 0 saturated heterocycles. The molecule has 1 amide bonds. The Labute approximate surface area is 146 Å². The van der Waals surface area contributed by atoms with Gasteiger partial charge in [-0.05, 0) is 36.0 Å². The normalized spacial score (nSPS) is 17.2. The van der Waals surface area contributed by atoms with Crippen molar-refractivity contribution in [2.75, 3.05) is 6.61 Å². The van der Waals surface area contributed by atoms with Crippen molar-refractivity contribution in [3.8, 4) is 0 Å². The van der Waals surface area contributed by atoms with Gasteiger partial charge in [-0.15, -0.1) is 0 Å². The molecule has 2 aromatic rings. The second kappa shape index (κ2) is 7.94. The average Bonchev–Trinajstić information content (AvgIpc) is 2.66. The fraction of sp³-hybridized carbons (Fsp3) is 0.300. The van der Waals surface area contributed by atoms with Crippen molar-refractivity contribution < 1.29 is 19.4 Å². The fourth-order valence-corrected chi connectivity index (χ4v) is 3.13. The molecule has 0 unspecified atom stereocenters. The topological polar surface area (TPSA) is 75.6 Å². The zero-order valence-electron chi connectivity index (χ0n) is 13.9. The Kier molecular flexibility index (Phi) is 5.46. The molecule has 2 N–H and O–H groups in total. The van der Waals surface area contributed by atoms with Gasteiger partial charge in [-0.2, -0.15) is 0 Å². The van der Waals surface area contributed by atoms with Crippen LogP contribution in [0.5, 0.6) is 0 Å². The van der Waals surface area contributed by atoms with E-state index in [9.17, 15) is 14.7 Å². The number of ether oxygens (including phenoxy) is 1. The number of hydrogen-bond acceptors (Lipinski definition) is 4. The highest BCUT2D eigenvalue weighted by Gasteiger charge is 2.23. The van der Waals surface area contributed by atoms with Crippen molar-refractivity contribution >= 4 is 11.9 Å². The maximum atomic E-state index is 12.1. The first-order chi connectivity index (χ1) is 12.1. The number of carbonyl (C=O) groups excluding carboxylic acids is 2. The van der Waals surface area contributed by atoms with Crippen molar-refractivity contribution in [2.45, 2.75) is 31.4 Å². The number of rotatable bonds is 5. The van der Waals surface area contributed by atoms with Crippen LogP contribution in [-0.2, 0) is 20.7 Å². The smallest absolute Gasteiger partial charge is 0.340 e.